The fourth-order valence-corrected chi connectivity index (χ4v) is 2.79. The minimum Gasteiger partial charge on any atom is -0.481 e. The molecule has 0 heterocycles. The quantitative estimate of drug-likeness (QED) is 0.697. The Labute approximate surface area is 163 Å². The van der Waals surface area contributed by atoms with E-state index in [1.807, 2.05) is 36.4 Å². The number of hydrogen-bond acceptors (Lipinski definition) is 3. The second kappa shape index (κ2) is 8.83. The van der Waals surface area contributed by atoms with Crippen molar-refractivity contribution < 1.29 is 13.9 Å². The summed E-state index contributed by atoms with van der Waals surface area (Å²) in [5.41, 5.74) is 2.17. The second-order valence-corrected chi connectivity index (χ2v) is 6.30. The van der Waals surface area contributed by atoms with Crippen LogP contribution in [0.4, 0.5) is 4.39 Å². The number of nitrogens with one attached hydrogen (secondary N) is 1. The highest BCUT2D eigenvalue weighted by Crippen LogP contribution is 2.23. The summed E-state index contributed by atoms with van der Waals surface area (Å²) in [7, 11) is 0. The minimum atomic E-state index is -0.750. The lowest BCUT2D eigenvalue weighted by Gasteiger charge is -2.22. The molecule has 2 unspecified atom stereocenters. The molecule has 0 saturated heterocycles. The fraction of sp³-hybridized carbons (Fsp3) is 0.130. The first kappa shape index (κ1) is 19.1. The molecular formula is C23H19FN2O2. The molecule has 0 aliphatic heterocycles. The Hall–Kier alpha value is -3.65. The molecule has 4 nitrogen and oxygen atoms in total. The van der Waals surface area contributed by atoms with Crippen molar-refractivity contribution in [3.05, 3.63) is 101 Å². The molecular weight excluding hydrogens is 355 g/mol. The molecule has 1 N–H and O–H groups in total. The Balaban J connectivity index is 1.76. The number of benzene rings is 3. The van der Waals surface area contributed by atoms with E-state index in [-0.39, 0.29) is 11.7 Å². The van der Waals surface area contributed by atoms with Gasteiger partial charge in [0.25, 0.3) is 5.91 Å². The topological polar surface area (TPSA) is 62.1 Å². The monoisotopic (exact) mass is 374 g/mol. The first-order valence-corrected chi connectivity index (χ1v) is 8.84. The van der Waals surface area contributed by atoms with E-state index in [0.29, 0.717) is 11.3 Å². The molecule has 3 aromatic carbocycles. The van der Waals surface area contributed by atoms with Crippen LogP contribution in [0.15, 0.2) is 78.9 Å². The molecule has 0 spiro atoms. The lowest BCUT2D eigenvalue weighted by Crippen LogP contribution is -2.39. The van der Waals surface area contributed by atoms with Gasteiger partial charge in [-0.1, -0.05) is 42.5 Å². The van der Waals surface area contributed by atoms with E-state index in [9.17, 15) is 9.18 Å². The van der Waals surface area contributed by atoms with Crippen LogP contribution < -0.4 is 10.1 Å². The average Bonchev–Trinajstić information content (AvgIpc) is 2.73. The minimum absolute atomic E-state index is 0.303. The maximum absolute atomic E-state index is 13.3. The van der Waals surface area contributed by atoms with Crippen LogP contribution in [0.3, 0.4) is 0 Å². The standard InChI is InChI=1S/C23H19FN2O2/c1-16(28-21-13-7-17(15-25)8-14-21)23(27)26-22(18-5-3-2-4-6-18)19-9-11-20(24)12-10-19/h2-14,16,22H,1H3,(H,26,27). The van der Waals surface area contributed by atoms with E-state index in [0.717, 1.165) is 11.1 Å². The number of hydrogen-bond donors (Lipinski definition) is 1. The van der Waals surface area contributed by atoms with E-state index in [1.165, 1.54) is 12.1 Å². The van der Waals surface area contributed by atoms with Crippen molar-refractivity contribution in [3.8, 4) is 11.8 Å². The Kier molecular flexibility index (Phi) is 6.03. The zero-order valence-electron chi connectivity index (χ0n) is 15.3. The van der Waals surface area contributed by atoms with Gasteiger partial charge < -0.3 is 10.1 Å². The highest BCUT2D eigenvalue weighted by Gasteiger charge is 2.21. The fourth-order valence-electron chi connectivity index (χ4n) is 2.79. The van der Waals surface area contributed by atoms with Crippen LogP contribution in [0.1, 0.15) is 29.7 Å². The van der Waals surface area contributed by atoms with Crippen LogP contribution in [0.25, 0.3) is 0 Å². The number of rotatable bonds is 6. The molecule has 0 fully saturated rings. The molecule has 0 saturated carbocycles. The van der Waals surface area contributed by atoms with Crippen molar-refractivity contribution >= 4 is 5.91 Å². The lowest BCUT2D eigenvalue weighted by molar-refractivity contribution is -0.127. The van der Waals surface area contributed by atoms with E-state index >= 15 is 0 Å². The largest absolute Gasteiger partial charge is 0.481 e. The van der Waals surface area contributed by atoms with Crippen molar-refractivity contribution in [1.82, 2.24) is 5.32 Å². The SMILES string of the molecule is CC(Oc1ccc(C#N)cc1)C(=O)NC(c1ccccc1)c1ccc(F)cc1. The number of ether oxygens (including phenoxy) is 1. The molecule has 0 bridgehead atoms. The van der Waals surface area contributed by atoms with Gasteiger partial charge >= 0.3 is 0 Å². The molecule has 0 aromatic heterocycles. The average molecular weight is 374 g/mol. The summed E-state index contributed by atoms with van der Waals surface area (Å²) in [6, 6.07) is 23.7. The van der Waals surface area contributed by atoms with E-state index in [2.05, 4.69) is 5.32 Å². The highest BCUT2D eigenvalue weighted by atomic mass is 19.1. The van der Waals surface area contributed by atoms with E-state index in [4.69, 9.17) is 10.00 Å². The Morgan fingerprint density at radius 3 is 2.18 bits per heavy atom. The third-order valence-corrected chi connectivity index (χ3v) is 4.29. The van der Waals surface area contributed by atoms with Crippen LogP contribution in [0, 0.1) is 17.1 Å². The summed E-state index contributed by atoms with van der Waals surface area (Å²) in [4.78, 5) is 12.7. The third-order valence-electron chi connectivity index (χ3n) is 4.29. The van der Waals surface area contributed by atoms with Gasteiger partial charge in [0.2, 0.25) is 0 Å². The van der Waals surface area contributed by atoms with Crippen LogP contribution in [0.2, 0.25) is 0 Å². The third kappa shape index (κ3) is 4.74. The molecule has 140 valence electrons. The summed E-state index contributed by atoms with van der Waals surface area (Å²) in [6.07, 6.45) is -0.750. The smallest absolute Gasteiger partial charge is 0.261 e. The molecule has 3 rings (SSSR count). The second-order valence-electron chi connectivity index (χ2n) is 6.30. The lowest BCUT2D eigenvalue weighted by atomic mass is 9.98. The van der Waals surface area contributed by atoms with Crippen LogP contribution in [-0.4, -0.2) is 12.0 Å². The van der Waals surface area contributed by atoms with Gasteiger partial charge in [0.15, 0.2) is 6.10 Å². The maximum atomic E-state index is 13.3. The first-order chi connectivity index (χ1) is 13.6. The molecule has 1 amide bonds. The van der Waals surface area contributed by atoms with E-state index in [1.54, 1.807) is 43.3 Å². The zero-order chi connectivity index (χ0) is 19.9. The predicted molar refractivity (Wildman–Crippen MR) is 104 cm³/mol. The summed E-state index contributed by atoms with van der Waals surface area (Å²) in [5, 5.41) is 11.8. The normalized spacial score (nSPS) is 12.5. The van der Waals surface area contributed by atoms with Gasteiger partial charge in [-0.3, -0.25) is 4.79 Å². The summed E-state index contributed by atoms with van der Waals surface area (Å²) in [5.74, 6) is -0.137. The highest BCUT2D eigenvalue weighted by molar-refractivity contribution is 5.81. The number of halogens is 1. The predicted octanol–water partition coefficient (Wildman–Crippen LogP) is 4.37. The summed E-state index contributed by atoms with van der Waals surface area (Å²) in [6.45, 7) is 1.65. The van der Waals surface area contributed by atoms with Crippen LogP contribution >= 0.6 is 0 Å². The van der Waals surface area contributed by atoms with Crippen molar-refractivity contribution in [1.29, 1.82) is 5.26 Å². The number of nitriles is 1. The van der Waals surface area contributed by atoms with Crippen LogP contribution in [0.5, 0.6) is 5.75 Å². The number of nitrogens with zero attached hydrogens (tertiary/aromatic N) is 1. The number of carbonyl (C=O) groups excluding carboxylic acids is 1. The van der Waals surface area contributed by atoms with Gasteiger partial charge in [-0.15, -0.1) is 0 Å². The first-order valence-electron chi connectivity index (χ1n) is 8.84. The molecule has 28 heavy (non-hydrogen) atoms. The Morgan fingerprint density at radius 2 is 1.57 bits per heavy atom. The van der Waals surface area contributed by atoms with Crippen molar-refractivity contribution in [2.75, 3.05) is 0 Å². The summed E-state index contributed by atoms with van der Waals surface area (Å²) >= 11 is 0. The van der Waals surface area contributed by atoms with Crippen molar-refractivity contribution in [2.45, 2.75) is 19.1 Å². The van der Waals surface area contributed by atoms with Crippen LogP contribution in [-0.2, 0) is 4.79 Å². The number of amides is 1. The maximum Gasteiger partial charge on any atom is 0.261 e. The van der Waals surface area contributed by atoms with Gasteiger partial charge in [0.05, 0.1) is 17.7 Å². The zero-order valence-corrected chi connectivity index (χ0v) is 15.3. The van der Waals surface area contributed by atoms with E-state index < -0.39 is 12.1 Å². The van der Waals surface area contributed by atoms with Gasteiger partial charge in [-0.2, -0.15) is 5.26 Å². The van der Waals surface area contributed by atoms with Crippen molar-refractivity contribution in [3.63, 3.8) is 0 Å². The van der Waals surface area contributed by atoms with Gasteiger partial charge in [0.1, 0.15) is 11.6 Å². The molecule has 0 aliphatic rings. The van der Waals surface area contributed by atoms with Gasteiger partial charge in [-0.25, -0.2) is 4.39 Å². The van der Waals surface area contributed by atoms with Gasteiger partial charge in [0, 0.05) is 0 Å². The Bertz CT molecular complexity index is 964. The van der Waals surface area contributed by atoms with Crippen molar-refractivity contribution in [2.24, 2.45) is 0 Å². The molecule has 0 radical (unpaired) electrons. The molecule has 2 atom stereocenters. The summed E-state index contributed by atoms with van der Waals surface area (Å²) < 4.78 is 19.0. The molecule has 0 aliphatic carbocycles. The molecule has 5 heteroatoms. The number of carbonyl (C=O) groups is 1. The molecule has 3 aromatic rings. The van der Waals surface area contributed by atoms with Gasteiger partial charge in [-0.05, 0) is 54.4 Å². The Morgan fingerprint density at radius 1 is 0.964 bits per heavy atom.